The topological polar surface area (TPSA) is 87.2 Å². The van der Waals surface area contributed by atoms with Crippen LogP contribution in [0.1, 0.15) is 38.7 Å². The quantitative estimate of drug-likeness (QED) is 0.819. The monoisotopic (exact) mass is 396 g/mol. The third-order valence-corrected chi connectivity index (χ3v) is 7.23. The number of carboxylic acid groups (broad SMARTS) is 1. The van der Waals surface area contributed by atoms with Crippen LogP contribution in [0.2, 0.25) is 0 Å². The Bertz CT molecular complexity index is 821. The molecule has 7 nitrogen and oxygen atoms in total. The number of hydrogen-bond donors (Lipinski definition) is 1. The highest BCUT2D eigenvalue weighted by Crippen LogP contribution is 2.36. The van der Waals surface area contributed by atoms with Gasteiger partial charge in [0.15, 0.2) is 0 Å². The van der Waals surface area contributed by atoms with Crippen molar-refractivity contribution in [2.24, 2.45) is 0 Å². The van der Waals surface area contributed by atoms with Gasteiger partial charge in [-0.2, -0.15) is 4.31 Å². The lowest BCUT2D eigenvalue weighted by Crippen LogP contribution is -2.37. The van der Waals surface area contributed by atoms with E-state index in [1.54, 1.807) is 30.1 Å². The zero-order chi connectivity index (χ0) is 19.8. The van der Waals surface area contributed by atoms with E-state index in [2.05, 4.69) is 0 Å². The molecular weight excluding hydrogens is 368 g/mol. The van der Waals surface area contributed by atoms with Crippen LogP contribution in [0, 0.1) is 0 Å². The predicted molar refractivity (Wildman–Crippen MR) is 102 cm³/mol. The summed E-state index contributed by atoms with van der Waals surface area (Å²) >= 11 is 0. The minimum Gasteiger partial charge on any atom is -0.487 e. The van der Waals surface area contributed by atoms with Crippen LogP contribution >= 0.6 is 0 Å². The molecule has 1 N–H and O–H groups in total. The Morgan fingerprint density at radius 1 is 1.33 bits per heavy atom. The van der Waals surface area contributed by atoms with Gasteiger partial charge < -0.3 is 9.84 Å². The first-order chi connectivity index (χ1) is 12.6. The van der Waals surface area contributed by atoms with Crippen LogP contribution in [0.15, 0.2) is 23.1 Å². The van der Waals surface area contributed by atoms with E-state index in [0.717, 1.165) is 24.2 Å². The third-order valence-electron chi connectivity index (χ3n) is 5.34. The first-order valence-electron chi connectivity index (χ1n) is 9.33. The van der Waals surface area contributed by atoms with E-state index in [9.17, 15) is 13.2 Å². The summed E-state index contributed by atoms with van der Waals surface area (Å²) in [5.41, 5.74) is 0.616. The summed E-state index contributed by atoms with van der Waals surface area (Å²) in [7, 11) is -1.79. The number of benzene rings is 1. The normalized spacial score (nSPS) is 22.9. The number of carbonyl (C=O) groups is 1. The third kappa shape index (κ3) is 4.44. The second-order valence-electron chi connectivity index (χ2n) is 8.11. The van der Waals surface area contributed by atoms with Crippen LogP contribution in [0.5, 0.6) is 5.75 Å². The van der Waals surface area contributed by atoms with E-state index in [0.29, 0.717) is 30.8 Å². The highest BCUT2D eigenvalue weighted by atomic mass is 32.2. The Kier molecular flexibility index (Phi) is 5.52. The fourth-order valence-electron chi connectivity index (χ4n) is 3.97. The number of ether oxygens (including phenoxy) is 1. The average Bonchev–Trinajstić information content (AvgIpc) is 2.72. The molecule has 0 bridgehead atoms. The fourth-order valence-corrected chi connectivity index (χ4v) is 5.52. The van der Waals surface area contributed by atoms with Crippen molar-refractivity contribution in [3.63, 3.8) is 0 Å². The van der Waals surface area contributed by atoms with Crippen LogP contribution in [-0.4, -0.2) is 67.0 Å². The lowest BCUT2D eigenvalue weighted by molar-refractivity contribution is -0.138. The average molecular weight is 397 g/mol. The minimum absolute atomic E-state index is 0.0297. The van der Waals surface area contributed by atoms with Crippen molar-refractivity contribution in [3.05, 3.63) is 23.8 Å². The molecule has 2 aliphatic heterocycles. The summed E-state index contributed by atoms with van der Waals surface area (Å²) in [6.07, 6.45) is 2.83. The second-order valence-corrected chi connectivity index (χ2v) is 10.0. The molecule has 1 saturated heterocycles. The van der Waals surface area contributed by atoms with Gasteiger partial charge in [-0.1, -0.05) is 0 Å². The van der Waals surface area contributed by atoms with Gasteiger partial charge in [0.25, 0.3) is 0 Å². The van der Waals surface area contributed by atoms with E-state index in [1.165, 1.54) is 4.31 Å². The molecule has 0 amide bonds. The molecule has 0 radical (unpaired) electrons. The Morgan fingerprint density at radius 2 is 2.07 bits per heavy atom. The van der Waals surface area contributed by atoms with E-state index >= 15 is 0 Å². The van der Waals surface area contributed by atoms with Crippen molar-refractivity contribution >= 4 is 16.0 Å². The lowest BCUT2D eigenvalue weighted by Gasteiger charge is -2.25. The summed E-state index contributed by atoms with van der Waals surface area (Å²) in [6.45, 7) is 4.81. The summed E-state index contributed by atoms with van der Waals surface area (Å²) in [6, 6.07) is 5.18. The number of sulfonamides is 1. The predicted octanol–water partition coefficient (Wildman–Crippen LogP) is 1.96. The number of aliphatic carboxylic acids is 1. The molecule has 0 spiro atoms. The standard InChI is InChI=1S/C19H28N2O5S/c1-19(2)12-14-11-16(6-7-17(14)26-19)27(24,25)21-9-4-5-15(8-10-21)20(3)13-18(22)23/h6-7,11,15H,4-5,8-10,12-13H2,1-3H3,(H,22,23). The van der Waals surface area contributed by atoms with Crippen LogP contribution in [0.4, 0.5) is 0 Å². The molecule has 8 heteroatoms. The zero-order valence-corrected chi connectivity index (χ0v) is 17.0. The van der Waals surface area contributed by atoms with Gasteiger partial charge in [0, 0.05) is 25.6 Å². The van der Waals surface area contributed by atoms with Gasteiger partial charge in [-0.3, -0.25) is 9.69 Å². The van der Waals surface area contributed by atoms with Crippen molar-refractivity contribution in [2.75, 3.05) is 26.7 Å². The zero-order valence-electron chi connectivity index (χ0n) is 16.1. The number of fused-ring (bicyclic) bond motifs is 1. The molecule has 1 aromatic carbocycles. The van der Waals surface area contributed by atoms with Crippen LogP contribution in [0.3, 0.4) is 0 Å². The number of hydrogen-bond acceptors (Lipinski definition) is 5. The molecule has 1 fully saturated rings. The highest BCUT2D eigenvalue weighted by Gasteiger charge is 2.33. The van der Waals surface area contributed by atoms with Crippen molar-refractivity contribution < 1.29 is 23.1 Å². The fraction of sp³-hybridized carbons (Fsp3) is 0.632. The smallest absolute Gasteiger partial charge is 0.317 e. The van der Waals surface area contributed by atoms with E-state index in [4.69, 9.17) is 9.84 Å². The molecule has 2 heterocycles. The Hall–Kier alpha value is -1.64. The van der Waals surface area contributed by atoms with Gasteiger partial charge >= 0.3 is 5.97 Å². The lowest BCUT2D eigenvalue weighted by atomic mass is 10.0. The SMILES string of the molecule is CN(CC(=O)O)C1CCCN(S(=O)(=O)c2ccc3c(c2)CC(C)(C)O3)CC1. The summed E-state index contributed by atoms with van der Waals surface area (Å²) in [4.78, 5) is 13.0. The molecule has 3 rings (SSSR count). The van der Waals surface area contributed by atoms with Gasteiger partial charge in [0.2, 0.25) is 10.0 Å². The van der Waals surface area contributed by atoms with E-state index in [1.807, 2.05) is 13.8 Å². The van der Waals surface area contributed by atoms with Gasteiger partial charge in [-0.05, 0) is 63.9 Å². The molecule has 0 aliphatic carbocycles. The van der Waals surface area contributed by atoms with Gasteiger partial charge in [-0.25, -0.2) is 8.42 Å². The van der Waals surface area contributed by atoms with E-state index < -0.39 is 16.0 Å². The minimum atomic E-state index is -3.57. The van der Waals surface area contributed by atoms with Crippen LogP contribution < -0.4 is 4.74 Å². The molecule has 1 aromatic rings. The molecule has 150 valence electrons. The van der Waals surface area contributed by atoms with Crippen LogP contribution in [0.25, 0.3) is 0 Å². The molecule has 1 atom stereocenters. The Labute approximate surface area is 161 Å². The van der Waals surface area contributed by atoms with Crippen molar-refractivity contribution in [3.8, 4) is 5.75 Å². The molecule has 0 saturated carbocycles. The van der Waals surface area contributed by atoms with Crippen molar-refractivity contribution in [2.45, 2.75) is 56.1 Å². The number of carboxylic acids is 1. The Balaban J connectivity index is 1.74. The molecule has 2 aliphatic rings. The van der Waals surface area contributed by atoms with Crippen LogP contribution in [-0.2, 0) is 21.2 Å². The summed E-state index contributed by atoms with van der Waals surface area (Å²) < 4.78 is 33.6. The van der Waals surface area contributed by atoms with Gasteiger partial charge in [-0.15, -0.1) is 0 Å². The molecule has 0 aromatic heterocycles. The first kappa shape index (κ1) is 20.1. The number of likely N-dealkylation sites (N-methyl/N-ethyl adjacent to an activating group) is 1. The highest BCUT2D eigenvalue weighted by molar-refractivity contribution is 7.89. The van der Waals surface area contributed by atoms with Gasteiger partial charge in [0.1, 0.15) is 11.4 Å². The van der Waals surface area contributed by atoms with Crippen molar-refractivity contribution in [1.29, 1.82) is 0 Å². The molecular formula is C19H28N2O5S. The maximum Gasteiger partial charge on any atom is 0.317 e. The summed E-state index contributed by atoms with van der Waals surface area (Å²) in [5.74, 6) is -0.111. The maximum absolute atomic E-state index is 13.1. The largest absolute Gasteiger partial charge is 0.487 e. The second kappa shape index (κ2) is 7.41. The molecule has 1 unspecified atom stereocenters. The number of rotatable bonds is 5. The maximum atomic E-state index is 13.1. The number of nitrogens with zero attached hydrogens (tertiary/aromatic N) is 2. The van der Waals surface area contributed by atoms with Crippen molar-refractivity contribution in [1.82, 2.24) is 9.21 Å². The van der Waals surface area contributed by atoms with E-state index in [-0.39, 0.29) is 18.2 Å². The first-order valence-corrected chi connectivity index (χ1v) is 10.8. The summed E-state index contributed by atoms with van der Waals surface area (Å²) in [5, 5.41) is 8.97. The Morgan fingerprint density at radius 3 is 2.78 bits per heavy atom. The van der Waals surface area contributed by atoms with Gasteiger partial charge in [0.05, 0.1) is 11.4 Å². The molecule has 27 heavy (non-hydrogen) atoms.